The minimum Gasteiger partial charge on any atom is -0.455 e. The molecule has 0 bridgehead atoms. The zero-order valence-electron chi connectivity index (χ0n) is 16.0. The van der Waals surface area contributed by atoms with Crippen LogP contribution in [-0.2, 0) is 38.0 Å². The molecule has 0 saturated carbocycles. The molecule has 6 atom stereocenters. The monoisotopic (exact) mass is 374 g/mol. The van der Waals surface area contributed by atoms with Crippen molar-refractivity contribution < 1.29 is 38.0 Å². The van der Waals surface area contributed by atoms with Crippen molar-refractivity contribution in [3.05, 3.63) is 0 Å². The van der Waals surface area contributed by atoms with Gasteiger partial charge in [-0.2, -0.15) is 0 Å². The number of esters is 2. The van der Waals surface area contributed by atoms with Crippen LogP contribution in [0.1, 0.15) is 52.9 Å². The van der Waals surface area contributed by atoms with Crippen molar-refractivity contribution in [1.82, 2.24) is 0 Å². The fourth-order valence-electron chi connectivity index (χ4n) is 3.32. The lowest BCUT2D eigenvalue weighted by Crippen LogP contribution is -2.64. The van der Waals surface area contributed by atoms with E-state index in [0.29, 0.717) is 6.61 Å². The predicted molar refractivity (Wildman–Crippen MR) is 90.2 cm³/mol. The maximum Gasteiger partial charge on any atom is 0.303 e. The molecule has 6 unspecified atom stereocenters. The number of carbonyl (C=O) groups excluding carboxylic acids is 2. The molecule has 8 nitrogen and oxygen atoms in total. The minimum atomic E-state index is -0.901. The first kappa shape index (κ1) is 21.1. The number of ether oxygens (including phenoxy) is 6. The van der Waals surface area contributed by atoms with Crippen molar-refractivity contribution in [1.29, 1.82) is 0 Å². The topological polar surface area (TPSA) is 89.5 Å². The third-order valence-electron chi connectivity index (χ3n) is 4.48. The second-order valence-corrected chi connectivity index (χ2v) is 6.64. The van der Waals surface area contributed by atoms with E-state index in [1.54, 1.807) is 0 Å². The first-order valence-corrected chi connectivity index (χ1v) is 9.26. The third kappa shape index (κ3) is 5.64. The summed E-state index contributed by atoms with van der Waals surface area (Å²) in [7, 11) is 1.44. The van der Waals surface area contributed by atoms with E-state index in [1.807, 2.05) is 0 Å². The van der Waals surface area contributed by atoms with Gasteiger partial charge in [-0.15, -0.1) is 0 Å². The Morgan fingerprint density at radius 2 is 1.69 bits per heavy atom. The summed E-state index contributed by atoms with van der Waals surface area (Å²) in [5.41, 5.74) is 0. The lowest BCUT2D eigenvalue weighted by molar-refractivity contribution is -0.357. The molecule has 2 rings (SSSR count). The summed E-state index contributed by atoms with van der Waals surface area (Å²) < 4.78 is 33.6. The molecular weight excluding hydrogens is 344 g/mol. The van der Waals surface area contributed by atoms with Crippen molar-refractivity contribution in [3.8, 4) is 0 Å². The van der Waals surface area contributed by atoms with E-state index in [0.717, 1.165) is 25.7 Å². The minimum absolute atomic E-state index is 0.299. The van der Waals surface area contributed by atoms with Gasteiger partial charge in [0.05, 0.1) is 6.61 Å². The van der Waals surface area contributed by atoms with Crippen LogP contribution in [-0.4, -0.2) is 62.7 Å². The molecular formula is C18H30O8. The summed E-state index contributed by atoms with van der Waals surface area (Å²) in [4.78, 5) is 23.1. The highest BCUT2D eigenvalue weighted by Gasteiger charge is 2.53. The average molecular weight is 374 g/mol. The quantitative estimate of drug-likeness (QED) is 0.470. The summed E-state index contributed by atoms with van der Waals surface area (Å²) in [5.74, 6) is -1.00. The van der Waals surface area contributed by atoms with Gasteiger partial charge in [0.1, 0.15) is 12.2 Å². The molecule has 0 aromatic rings. The molecule has 0 N–H and O–H groups in total. The van der Waals surface area contributed by atoms with Crippen molar-refractivity contribution in [2.24, 2.45) is 0 Å². The van der Waals surface area contributed by atoms with Gasteiger partial charge in [-0.1, -0.05) is 26.2 Å². The highest BCUT2D eigenvalue weighted by Crippen LogP contribution is 2.33. The Bertz CT molecular complexity index is 468. The number of hydrogen-bond acceptors (Lipinski definition) is 8. The number of fused-ring (bicyclic) bond motifs is 1. The van der Waals surface area contributed by atoms with E-state index < -0.39 is 48.9 Å². The zero-order chi connectivity index (χ0) is 19.1. The lowest BCUT2D eigenvalue weighted by atomic mass is 9.97. The van der Waals surface area contributed by atoms with Gasteiger partial charge in [0, 0.05) is 21.0 Å². The second kappa shape index (κ2) is 10.2. The normalized spacial score (nSPS) is 34.0. The van der Waals surface area contributed by atoms with Crippen LogP contribution in [0.25, 0.3) is 0 Å². The Morgan fingerprint density at radius 1 is 1.00 bits per heavy atom. The van der Waals surface area contributed by atoms with Gasteiger partial charge in [0.25, 0.3) is 0 Å². The fourth-order valence-corrected chi connectivity index (χ4v) is 3.32. The lowest BCUT2D eigenvalue weighted by Gasteiger charge is -2.47. The SMILES string of the molecule is CCCCCCC1OCC2OC(OC)C(OC(C)=O)C(OC(C)=O)C2O1. The first-order valence-electron chi connectivity index (χ1n) is 9.26. The van der Waals surface area contributed by atoms with Crippen molar-refractivity contribution >= 4 is 11.9 Å². The van der Waals surface area contributed by atoms with Gasteiger partial charge < -0.3 is 28.4 Å². The third-order valence-corrected chi connectivity index (χ3v) is 4.48. The molecule has 2 aliphatic heterocycles. The molecule has 2 fully saturated rings. The Kier molecular flexibility index (Phi) is 8.27. The standard InChI is InChI=1S/C18H30O8/c1-5-6-7-8-9-14-22-10-13-15(26-14)16(23-11(2)19)17(24-12(3)20)18(21-4)25-13/h13-18H,5-10H2,1-4H3. The zero-order valence-corrected chi connectivity index (χ0v) is 16.0. The Labute approximate surface area is 154 Å². The first-order chi connectivity index (χ1) is 12.5. The second-order valence-electron chi connectivity index (χ2n) is 6.64. The molecule has 0 aliphatic carbocycles. The molecule has 2 heterocycles. The van der Waals surface area contributed by atoms with E-state index in [2.05, 4.69) is 6.92 Å². The number of methoxy groups -OCH3 is 1. The van der Waals surface area contributed by atoms with E-state index in [-0.39, 0.29) is 0 Å². The maximum absolute atomic E-state index is 11.6. The van der Waals surface area contributed by atoms with Crippen molar-refractivity contribution in [2.45, 2.75) is 89.9 Å². The van der Waals surface area contributed by atoms with Crippen LogP contribution in [0.4, 0.5) is 0 Å². The van der Waals surface area contributed by atoms with Gasteiger partial charge in [-0.25, -0.2) is 0 Å². The summed E-state index contributed by atoms with van der Waals surface area (Å²) in [6.07, 6.45) is 1.14. The van der Waals surface area contributed by atoms with Crippen molar-refractivity contribution in [3.63, 3.8) is 0 Å². The van der Waals surface area contributed by atoms with E-state index in [1.165, 1.54) is 27.4 Å². The van der Waals surface area contributed by atoms with Crippen LogP contribution in [0.2, 0.25) is 0 Å². The largest absolute Gasteiger partial charge is 0.455 e. The summed E-state index contributed by atoms with van der Waals surface area (Å²) in [6.45, 7) is 5.04. The molecule has 0 spiro atoms. The van der Waals surface area contributed by atoms with Gasteiger partial charge in [-0.05, 0) is 12.8 Å². The highest BCUT2D eigenvalue weighted by atomic mass is 16.8. The molecule has 0 aromatic heterocycles. The highest BCUT2D eigenvalue weighted by molar-refractivity contribution is 5.67. The molecule has 0 aromatic carbocycles. The molecule has 26 heavy (non-hydrogen) atoms. The summed E-state index contributed by atoms with van der Waals surface area (Å²) in [5, 5.41) is 0. The molecule has 0 amide bonds. The van der Waals surface area contributed by atoms with Gasteiger partial charge in [0.15, 0.2) is 24.8 Å². The van der Waals surface area contributed by atoms with Gasteiger partial charge in [-0.3, -0.25) is 9.59 Å². The van der Waals surface area contributed by atoms with E-state index >= 15 is 0 Å². The van der Waals surface area contributed by atoms with Crippen molar-refractivity contribution in [2.75, 3.05) is 13.7 Å². The van der Waals surface area contributed by atoms with Gasteiger partial charge >= 0.3 is 11.9 Å². The molecule has 2 aliphatic rings. The Morgan fingerprint density at radius 3 is 2.31 bits per heavy atom. The Hall–Kier alpha value is -1.22. The molecule has 8 heteroatoms. The van der Waals surface area contributed by atoms with Crippen LogP contribution in [0.3, 0.4) is 0 Å². The van der Waals surface area contributed by atoms with Crippen LogP contribution >= 0.6 is 0 Å². The maximum atomic E-state index is 11.6. The molecule has 150 valence electrons. The summed E-state index contributed by atoms with van der Waals surface area (Å²) in [6, 6.07) is 0. The van der Waals surface area contributed by atoms with Gasteiger partial charge in [0.2, 0.25) is 0 Å². The van der Waals surface area contributed by atoms with Crippen LogP contribution < -0.4 is 0 Å². The van der Waals surface area contributed by atoms with Crippen LogP contribution in [0.15, 0.2) is 0 Å². The average Bonchev–Trinajstić information content (AvgIpc) is 2.59. The van der Waals surface area contributed by atoms with Crippen LogP contribution in [0.5, 0.6) is 0 Å². The summed E-state index contributed by atoms with van der Waals surface area (Å²) >= 11 is 0. The van der Waals surface area contributed by atoms with E-state index in [9.17, 15) is 9.59 Å². The number of unbranched alkanes of at least 4 members (excludes halogenated alkanes) is 3. The van der Waals surface area contributed by atoms with E-state index in [4.69, 9.17) is 28.4 Å². The fraction of sp³-hybridized carbons (Fsp3) is 0.889. The number of rotatable bonds is 8. The molecule has 2 saturated heterocycles. The van der Waals surface area contributed by atoms with Crippen LogP contribution in [0, 0.1) is 0 Å². The number of hydrogen-bond donors (Lipinski definition) is 0. The Balaban J connectivity index is 2.09. The number of carbonyl (C=O) groups is 2. The predicted octanol–water partition coefficient (Wildman–Crippen LogP) is 1.93. The smallest absolute Gasteiger partial charge is 0.303 e. The molecule has 0 radical (unpaired) electrons.